The van der Waals surface area contributed by atoms with E-state index in [0.29, 0.717) is 44.2 Å². The van der Waals surface area contributed by atoms with Gasteiger partial charge in [-0.2, -0.15) is 0 Å². The highest BCUT2D eigenvalue weighted by Gasteiger charge is 2.32. The van der Waals surface area contributed by atoms with Crippen LogP contribution in [0.1, 0.15) is 0 Å². The van der Waals surface area contributed by atoms with Crippen molar-refractivity contribution in [3.05, 3.63) is 78.9 Å². The van der Waals surface area contributed by atoms with Crippen LogP contribution < -0.4 is 14.2 Å². The molecule has 3 aromatic carbocycles. The first-order valence-corrected chi connectivity index (χ1v) is 12.0. The van der Waals surface area contributed by atoms with Crippen LogP contribution in [0.3, 0.4) is 0 Å². The monoisotopic (exact) mass is 474 g/mol. The smallest absolute Gasteiger partial charge is 0.267 e. The van der Waals surface area contributed by atoms with Gasteiger partial charge in [0.05, 0.1) is 0 Å². The molecule has 5 rings (SSSR count). The predicted octanol–water partition coefficient (Wildman–Crippen LogP) is 3.08. The normalized spacial score (nSPS) is 18.7. The first-order valence-electron chi connectivity index (χ1n) is 12.0. The summed E-state index contributed by atoms with van der Waals surface area (Å²) in [5.41, 5.74) is 2.28. The predicted molar refractivity (Wildman–Crippen MR) is 133 cm³/mol. The van der Waals surface area contributed by atoms with Crippen LogP contribution in [-0.2, 0) is 4.79 Å². The summed E-state index contributed by atoms with van der Waals surface area (Å²) >= 11 is 0. The number of aliphatic hydroxyl groups excluding tert-OH is 1. The van der Waals surface area contributed by atoms with E-state index in [2.05, 4.69) is 17.0 Å². The summed E-state index contributed by atoms with van der Waals surface area (Å²) in [6.45, 7) is 3.51. The average molecular weight is 475 g/mol. The molecule has 0 saturated carbocycles. The molecule has 3 aromatic rings. The van der Waals surface area contributed by atoms with Gasteiger partial charge in [0.15, 0.2) is 11.5 Å². The fourth-order valence-corrected chi connectivity index (χ4v) is 4.41. The Morgan fingerprint density at radius 2 is 1.54 bits per heavy atom. The molecule has 0 aromatic heterocycles. The maximum absolute atomic E-state index is 12.9. The van der Waals surface area contributed by atoms with Crippen LogP contribution in [0, 0.1) is 0 Å². The van der Waals surface area contributed by atoms with Gasteiger partial charge in [-0.05, 0) is 35.4 Å². The molecular weight excluding hydrogens is 444 g/mol. The van der Waals surface area contributed by atoms with Gasteiger partial charge in [0, 0.05) is 32.7 Å². The molecular formula is C28H30N2O5. The van der Waals surface area contributed by atoms with Gasteiger partial charge in [0.1, 0.15) is 25.1 Å². The quantitative estimate of drug-likeness (QED) is 0.568. The maximum Gasteiger partial charge on any atom is 0.267 e. The van der Waals surface area contributed by atoms with Crippen LogP contribution in [0.5, 0.6) is 17.2 Å². The second-order valence-electron chi connectivity index (χ2n) is 8.85. The van der Waals surface area contributed by atoms with Crippen molar-refractivity contribution in [2.75, 3.05) is 45.9 Å². The summed E-state index contributed by atoms with van der Waals surface area (Å²) in [7, 11) is 0. The molecule has 2 atom stereocenters. The first kappa shape index (κ1) is 23.2. The zero-order valence-electron chi connectivity index (χ0n) is 19.6. The molecule has 0 spiro atoms. The third-order valence-corrected chi connectivity index (χ3v) is 6.34. The van der Waals surface area contributed by atoms with Crippen molar-refractivity contribution in [2.45, 2.75) is 12.2 Å². The minimum absolute atomic E-state index is 0.0537. The Hall–Kier alpha value is -3.55. The number of nitrogens with zero attached hydrogens (tertiary/aromatic N) is 2. The molecule has 182 valence electrons. The number of carbonyl (C=O) groups excluding carboxylic acids is 1. The van der Waals surface area contributed by atoms with Gasteiger partial charge in [0.25, 0.3) is 5.91 Å². The lowest BCUT2D eigenvalue weighted by Crippen LogP contribution is -2.55. The van der Waals surface area contributed by atoms with Gasteiger partial charge in [0.2, 0.25) is 6.10 Å². The minimum atomic E-state index is -0.622. The summed E-state index contributed by atoms with van der Waals surface area (Å²) < 4.78 is 17.3. The van der Waals surface area contributed by atoms with Crippen molar-refractivity contribution >= 4 is 5.91 Å². The van der Waals surface area contributed by atoms with Gasteiger partial charge < -0.3 is 24.2 Å². The van der Waals surface area contributed by atoms with Crippen molar-refractivity contribution in [3.63, 3.8) is 0 Å². The number of ether oxygens (including phenoxy) is 3. The number of piperazine rings is 1. The zero-order valence-corrected chi connectivity index (χ0v) is 19.6. The molecule has 1 amide bonds. The SMILES string of the molecule is O=C([C@@H]1COc2ccccc2O1)N1CCN(C[C@H](O)COc2ccc(-c3ccccc3)cc2)CC1. The number of rotatable bonds is 7. The Balaban J connectivity index is 1.04. The van der Waals surface area contributed by atoms with Gasteiger partial charge in [-0.3, -0.25) is 9.69 Å². The number of aliphatic hydroxyl groups is 1. The largest absolute Gasteiger partial charge is 0.491 e. The Labute approximate surface area is 205 Å². The Bertz CT molecular complexity index is 1110. The third kappa shape index (κ3) is 5.75. The van der Waals surface area contributed by atoms with E-state index in [0.717, 1.165) is 16.9 Å². The summed E-state index contributed by atoms with van der Waals surface area (Å²) in [5.74, 6) is 1.95. The van der Waals surface area contributed by atoms with E-state index < -0.39 is 12.2 Å². The van der Waals surface area contributed by atoms with E-state index >= 15 is 0 Å². The van der Waals surface area contributed by atoms with Crippen molar-refractivity contribution in [3.8, 4) is 28.4 Å². The topological polar surface area (TPSA) is 71.5 Å². The highest BCUT2D eigenvalue weighted by molar-refractivity contribution is 5.82. The van der Waals surface area contributed by atoms with Gasteiger partial charge in [-0.25, -0.2) is 0 Å². The lowest BCUT2D eigenvalue weighted by molar-refractivity contribution is -0.143. The molecule has 0 radical (unpaired) electrons. The van der Waals surface area contributed by atoms with Gasteiger partial charge in [-0.1, -0.05) is 54.6 Å². The van der Waals surface area contributed by atoms with Crippen LogP contribution in [-0.4, -0.2) is 79.0 Å². The van der Waals surface area contributed by atoms with E-state index in [9.17, 15) is 9.90 Å². The first-order chi connectivity index (χ1) is 17.2. The number of hydrogen-bond donors (Lipinski definition) is 1. The number of amides is 1. The maximum atomic E-state index is 12.9. The van der Waals surface area contributed by atoms with Crippen LogP contribution >= 0.6 is 0 Å². The van der Waals surface area contributed by atoms with Crippen LogP contribution in [0.4, 0.5) is 0 Å². The van der Waals surface area contributed by atoms with E-state index in [1.54, 1.807) is 0 Å². The van der Waals surface area contributed by atoms with Crippen molar-refractivity contribution in [1.29, 1.82) is 0 Å². The average Bonchev–Trinajstić information content (AvgIpc) is 2.92. The molecule has 1 fully saturated rings. The van der Waals surface area contributed by atoms with Crippen molar-refractivity contribution < 1.29 is 24.1 Å². The fraction of sp³-hybridized carbons (Fsp3) is 0.321. The summed E-state index contributed by atoms with van der Waals surface area (Å²) in [4.78, 5) is 16.9. The molecule has 2 heterocycles. The van der Waals surface area contributed by atoms with Gasteiger partial charge >= 0.3 is 0 Å². The Kier molecular flexibility index (Phi) is 7.16. The van der Waals surface area contributed by atoms with Crippen molar-refractivity contribution in [1.82, 2.24) is 9.80 Å². The lowest BCUT2D eigenvalue weighted by Gasteiger charge is -2.37. The highest BCUT2D eigenvalue weighted by Crippen LogP contribution is 2.31. The zero-order chi connectivity index (χ0) is 24.0. The van der Waals surface area contributed by atoms with E-state index in [1.165, 1.54) is 0 Å². The number of para-hydroxylation sites is 2. The number of β-amino-alcohol motifs (C(OH)–C–C–N with tert-alkyl or cyclic N) is 1. The number of carbonyl (C=O) groups is 1. The van der Waals surface area contributed by atoms with E-state index in [-0.39, 0.29) is 19.1 Å². The molecule has 2 aliphatic rings. The van der Waals surface area contributed by atoms with Gasteiger partial charge in [-0.15, -0.1) is 0 Å². The summed E-state index contributed by atoms with van der Waals surface area (Å²) in [6, 6.07) is 25.5. The highest BCUT2D eigenvalue weighted by atomic mass is 16.6. The van der Waals surface area contributed by atoms with Crippen LogP contribution in [0.15, 0.2) is 78.9 Å². The fourth-order valence-electron chi connectivity index (χ4n) is 4.41. The molecule has 7 nitrogen and oxygen atoms in total. The summed E-state index contributed by atoms with van der Waals surface area (Å²) in [5, 5.41) is 10.5. The molecule has 2 aliphatic heterocycles. The molecule has 7 heteroatoms. The second kappa shape index (κ2) is 10.8. The Morgan fingerprint density at radius 1 is 0.886 bits per heavy atom. The van der Waals surface area contributed by atoms with Crippen LogP contribution in [0.25, 0.3) is 11.1 Å². The third-order valence-electron chi connectivity index (χ3n) is 6.34. The van der Waals surface area contributed by atoms with E-state index in [4.69, 9.17) is 14.2 Å². The standard InChI is InChI=1S/C28H30N2O5/c31-23(19-33-24-12-10-22(11-13-24)21-6-2-1-3-7-21)18-29-14-16-30(17-15-29)28(32)27-20-34-25-8-4-5-9-26(25)35-27/h1-13,23,27,31H,14-20H2/t23-,27-/m0/s1. The second-order valence-corrected chi connectivity index (χ2v) is 8.85. The van der Waals surface area contributed by atoms with Crippen LogP contribution in [0.2, 0.25) is 0 Å². The molecule has 0 unspecified atom stereocenters. The molecule has 1 N–H and O–H groups in total. The van der Waals surface area contributed by atoms with E-state index in [1.807, 2.05) is 71.6 Å². The number of benzene rings is 3. The number of hydrogen-bond acceptors (Lipinski definition) is 6. The molecule has 35 heavy (non-hydrogen) atoms. The molecule has 1 saturated heterocycles. The molecule has 0 aliphatic carbocycles. The Morgan fingerprint density at radius 3 is 2.29 bits per heavy atom. The summed E-state index contributed by atoms with van der Waals surface area (Å²) in [6.07, 6.45) is -1.23. The minimum Gasteiger partial charge on any atom is -0.491 e. The molecule has 0 bridgehead atoms. The van der Waals surface area contributed by atoms with Crippen molar-refractivity contribution in [2.24, 2.45) is 0 Å². The lowest BCUT2D eigenvalue weighted by atomic mass is 10.1. The number of fused-ring (bicyclic) bond motifs is 1.